The largest absolute Gasteiger partial charge is 0.280 e. The van der Waals surface area contributed by atoms with Gasteiger partial charge in [0.05, 0.1) is 0 Å². The van der Waals surface area contributed by atoms with Crippen LogP contribution >= 0.6 is 0 Å². The van der Waals surface area contributed by atoms with Gasteiger partial charge in [0.25, 0.3) is 0 Å². The van der Waals surface area contributed by atoms with Crippen LogP contribution in [0.3, 0.4) is 0 Å². The normalized spacial score (nSPS) is 17.0. The number of ketones is 1. The van der Waals surface area contributed by atoms with Crippen molar-refractivity contribution in [2.75, 3.05) is 0 Å². The van der Waals surface area contributed by atoms with E-state index in [1.54, 1.807) is 0 Å². The Bertz CT molecular complexity index is 265. The van der Waals surface area contributed by atoms with Gasteiger partial charge in [-0.05, 0) is 11.3 Å². The molecule has 0 radical (unpaired) electrons. The summed E-state index contributed by atoms with van der Waals surface area (Å²) in [6.45, 7) is 6.09. The average molecular weight is 148 g/mol. The summed E-state index contributed by atoms with van der Waals surface area (Å²) < 4.78 is 0. The molecule has 0 saturated carbocycles. The Morgan fingerprint density at radius 2 is 2.09 bits per heavy atom. The first kappa shape index (κ1) is 8.07. The zero-order chi connectivity index (χ0) is 8.48. The van der Waals surface area contributed by atoms with Crippen molar-refractivity contribution in [1.82, 2.24) is 0 Å². The van der Waals surface area contributed by atoms with Crippen molar-refractivity contribution in [1.29, 1.82) is 0 Å². The van der Waals surface area contributed by atoms with E-state index < -0.39 is 0 Å². The van der Waals surface area contributed by atoms with Gasteiger partial charge in [0, 0.05) is 12.0 Å². The number of carbonyl (C=O) groups excluding carboxylic acids is 1. The number of carbonyl (C=O) groups is 1. The monoisotopic (exact) mass is 148 g/mol. The molecule has 0 saturated heterocycles. The number of rotatable bonds is 0. The van der Waals surface area contributed by atoms with Gasteiger partial charge in [-0.3, -0.25) is 4.79 Å². The first-order chi connectivity index (χ1) is 5.02. The van der Waals surface area contributed by atoms with Crippen molar-refractivity contribution >= 4 is 5.78 Å². The first-order valence-electron chi connectivity index (χ1n) is 3.75. The quantitative estimate of drug-likeness (QED) is 0.379. The summed E-state index contributed by atoms with van der Waals surface area (Å²) in [6.07, 6.45) is 2.65. The Morgan fingerprint density at radius 3 is 2.45 bits per heavy atom. The van der Waals surface area contributed by atoms with Gasteiger partial charge < -0.3 is 0 Å². The molecular weight excluding hydrogens is 136 g/mol. The lowest BCUT2D eigenvalue weighted by Gasteiger charge is -2.20. The maximum atomic E-state index is 11.2. The van der Waals surface area contributed by atoms with E-state index in [1.807, 2.05) is 26.8 Å². The fourth-order valence-corrected chi connectivity index (χ4v) is 1.09. The molecule has 0 amide bonds. The van der Waals surface area contributed by atoms with Gasteiger partial charge >= 0.3 is 0 Å². The summed E-state index contributed by atoms with van der Waals surface area (Å²) in [5, 5.41) is 0. The number of hydrogen-bond acceptors (Lipinski definition) is 1. The minimum absolute atomic E-state index is 0.0104. The molecule has 0 aromatic carbocycles. The molecule has 0 spiro atoms. The molecule has 11 heavy (non-hydrogen) atoms. The van der Waals surface area contributed by atoms with Crippen molar-refractivity contribution in [3.63, 3.8) is 0 Å². The zero-order valence-electron chi connectivity index (χ0n) is 7.19. The number of Topliss-reactive ketones (excluding diaryl/α,β-unsaturated/α-hetero) is 1. The Labute approximate surface area is 67.5 Å². The van der Waals surface area contributed by atoms with E-state index in [4.69, 9.17) is 0 Å². The highest BCUT2D eigenvalue weighted by molar-refractivity contribution is 6.10. The molecule has 1 rings (SSSR count). The maximum Gasteiger partial charge on any atom is 0.232 e. The van der Waals surface area contributed by atoms with E-state index in [1.165, 1.54) is 0 Å². The van der Waals surface area contributed by atoms with E-state index in [-0.39, 0.29) is 11.2 Å². The minimum Gasteiger partial charge on any atom is -0.280 e. The summed E-state index contributed by atoms with van der Waals surface area (Å²) in [5.41, 5.74) is 0.808. The highest BCUT2D eigenvalue weighted by atomic mass is 16.1. The van der Waals surface area contributed by atoms with Gasteiger partial charge in [-0.1, -0.05) is 32.8 Å². The SMILES string of the molecule is CC(C)(C)C1=CCC#CC1=O. The van der Waals surface area contributed by atoms with Crippen LogP contribution in [0.25, 0.3) is 0 Å². The Balaban J connectivity index is 2.93. The van der Waals surface area contributed by atoms with E-state index in [0.717, 1.165) is 12.0 Å². The summed E-state index contributed by atoms with van der Waals surface area (Å²) in [4.78, 5) is 11.2. The molecule has 1 aliphatic rings. The molecule has 58 valence electrons. The molecule has 0 heterocycles. The topological polar surface area (TPSA) is 17.1 Å². The molecular formula is C10H12O. The van der Waals surface area contributed by atoms with Crippen LogP contribution in [0.15, 0.2) is 11.6 Å². The zero-order valence-corrected chi connectivity index (χ0v) is 7.19. The molecule has 0 unspecified atom stereocenters. The van der Waals surface area contributed by atoms with Crippen molar-refractivity contribution in [3.8, 4) is 11.8 Å². The third-order valence-corrected chi connectivity index (χ3v) is 1.66. The molecule has 0 atom stereocenters. The van der Waals surface area contributed by atoms with Gasteiger partial charge in [0.2, 0.25) is 5.78 Å². The van der Waals surface area contributed by atoms with Crippen LogP contribution in [0.4, 0.5) is 0 Å². The lowest BCUT2D eigenvalue weighted by molar-refractivity contribution is -0.111. The second-order valence-electron chi connectivity index (χ2n) is 3.70. The molecule has 0 aromatic heterocycles. The third kappa shape index (κ3) is 1.71. The smallest absolute Gasteiger partial charge is 0.232 e. The molecule has 0 aliphatic heterocycles. The van der Waals surface area contributed by atoms with Crippen LogP contribution in [-0.4, -0.2) is 5.78 Å². The maximum absolute atomic E-state index is 11.2. The standard InChI is InChI=1S/C10H12O/c1-10(2,3)8-6-4-5-7-9(8)11/h6H,4H2,1-3H3. The second-order valence-corrected chi connectivity index (χ2v) is 3.70. The highest BCUT2D eigenvalue weighted by Crippen LogP contribution is 2.26. The van der Waals surface area contributed by atoms with Crippen molar-refractivity contribution in [2.45, 2.75) is 27.2 Å². The minimum atomic E-state index is -0.0494. The lowest BCUT2D eigenvalue weighted by atomic mass is 9.82. The van der Waals surface area contributed by atoms with E-state index in [2.05, 4.69) is 11.8 Å². The third-order valence-electron chi connectivity index (χ3n) is 1.66. The number of allylic oxidation sites excluding steroid dienone is 2. The average Bonchev–Trinajstić information content (AvgIpc) is 1.86. The summed E-state index contributed by atoms with van der Waals surface area (Å²) in [6, 6.07) is 0. The highest BCUT2D eigenvalue weighted by Gasteiger charge is 2.22. The van der Waals surface area contributed by atoms with E-state index in [0.29, 0.717) is 0 Å². The van der Waals surface area contributed by atoms with Gasteiger partial charge in [0.15, 0.2) is 0 Å². The van der Waals surface area contributed by atoms with Crippen LogP contribution in [0.5, 0.6) is 0 Å². The molecule has 1 nitrogen and oxygen atoms in total. The molecule has 0 bridgehead atoms. The number of hydrogen-bond donors (Lipinski definition) is 0. The molecule has 0 fully saturated rings. The Morgan fingerprint density at radius 1 is 1.45 bits per heavy atom. The molecule has 0 aromatic rings. The fraction of sp³-hybridized carbons (Fsp3) is 0.500. The summed E-state index contributed by atoms with van der Waals surface area (Å²) in [7, 11) is 0. The Hall–Kier alpha value is -1.03. The molecule has 0 N–H and O–H groups in total. The first-order valence-corrected chi connectivity index (χ1v) is 3.75. The van der Waals surface area contributed by atoms with Crippen LogP contribution in [0.2, 0.25) is 0 Å². The van der Waals surface area contributed by atoms with E-state index in [9.17, 15) is 4.79 Å². The van der Waals surface area contributed by atoms with Crippen molar-refractivity contribution in [2.24, 2.45) is 5.41 Å². The summed E-state index contributed by atoms with van der Waals surface area (Å²) >= 11 is 0. The van der Waals surface area contributed by atoms with Gasteiger partial charge in [0.1, 0.15) is 0 Å². The lowest BCUT2D eigenvalue weighted by Crippen LogP contribution is -2.18. The van der Waals surface area contributed by atoms with Crippen LogP contribution in [0, 0.1) is 17.3 Å². The van der Waals surface area contributed by atoms with Gasteiger partial charge in [-0.2, -0.15) is 0 Å². The van der Waals surface area contributed by atoms with Crippen LogP contribution in [0.1, 0.15) is 27.2 Å². The fourth-order valence-electron chi connectivity index (χ4n) is 1.09. The summed E-state index contributed by atoms with van der Waals surface area (Å²) in [5.74, 6) is 5.33. The Kier molecular flexibility index (Phi) is 1.87. The van der Waals surface area contributed by atoms with Gasteiger partial charge in [-0.15, -0.1) is 0 Å². The second kappa shape index (κ2) is 2.54. The molecule has 1 aliphatic carbocycles. The molecule has 1 heteroatoms. The van der Waals surface area contributed by atoms with Crippen LogP contribution < -0.4 is 0 Å². The van der Waals surface area contributed by atoms with Crippen molar-refractivity contribution in [3.05, 3.63) is 11.6 Å². The van der Waals surface area contributed by atoms with Gasteiger partial charge in [-0.25, -0.2) is 0 Å². The predicted molar refractivity (Wildman–Crippen MR) is 44.9 cm³/mol. The van der Waals surface area contributed by atoms with Crippen LogP contribution in [-0.2, 0) is 4.79 Å². The van der Waals surface area contributed by atoms with Crippen molar-refractivity contribution < 1.29 is 4.79 Å². The predicted octanol–water partition coefficient (Wildman–Crippen LogP) is 1.94. The van der Waals surface area contributed by atoms with E-state index >= 15 is 0 Å².